The van der Waals surface area contributed by atoms with Gasteiger partial charge in [-0.1, -0.05) is 0 Å². The Balaban J connectivity index is 2.05. The molecule has 2 heterocycles. The Morgan fingerprint density at radius 3 is 2.80 bits per heavy atom. The maximum Gasteiger partial charge on any atom is 0.289 e. The van der Waals surface area contributed by atoms with E-state index in [1.165, 1.54) is 0 Å². The standard InChI is InChI=1S/C10H15N3O2/c1-11-9-3-2-8(15-9)10(14)13-6-4-12-5-7-13/h2-3,11-12H,4-7H2,1H3. The van der Waals surface area contributed by atoms with E-state index < -0.39 is 0 Å². The lowest BCUT2D eigenvalue weighted by atomic mass is 10.3. The molecule has 1 amide bonds. The molecule has 0 aromatic carbocycles. The SMILES string of the molecule is CNc1ccc(C(=O)N2CCNCC2)o1. The molecule has 1 saturated heterocycles. The normalized spacial score (nSPS) is 16.5. The van der Waals surface area contributed by atoms with Gasteiger partial charge in [0.05, 0.1) is 0 Å². The van der Waals surface area contributed by atoms with E-state index in [9.17, 15) is 4.79 Å². The topological polar surface area (TPSA) is 57.5 Å². The number of piperazine rings is 1. The van der Waals surface area contributed by atoms with E-state index in [0.717, 1.165) is 26.2 Å². The second-order valence-electron chi connectivity index (χ2n) is 3.46. The third-order valence-electron chi connectivity index (χ3n) is 2.47. The van der Waals surface area contributed by atoms with Crippen molar-refractivity contribution < 1.29 is 9.21 Å². The van der Waals surface area contributed by atoms with Gasteiger partial charge in [0.2, 0.25) is 0 Å². The van der Waals surface area contributed by atoms with Crippen LogP contribution < -0.4 is 10.6 Å². The average molecular weight is 209 g/mol. The van der Waals surface area contributed by atoms with Gasteiger partial charge in [0.15, 0.2) is 11.6 Å². The summed E-state index contributed by atoms with van der Waals surface area (Å²) in [6, 6.07) is 3.46. The number of furan rings is 1. The minimum atomic E-state index is -0.0296. The van der Waals surface area contributed by atoms with E-state index in [2.05, 4.69) is 10.6 Å². The molecular formula is C10H15N3O2. The minimum absolute atomic E-state index is 0.0296. The third kappa shape index (κ3) is 2.12. The highest BCUT2D eigenvalue weighted by Gasteiger charge is 2.20. The van der Waals surface area contributed by atoms with E-state index >= 15 is 0 Å². The van der Waals surface area contributed by atoms with Crippen LogP contribution in [0, 0.1) is 0 Å². The van der Waals surface area contributed by atoms with Gasteiger partial charge in [-0.15, -0.1) is 0 Å². The molecule has 2 rings (SSSR count). The molecule has 1 fully saturated rings. The van der Waals surface area contributed by atoms with E-state index in [1.54, 1.807) is 24.1 Å². The van der Waals surface area contributed by atoms with Crippen molar-refractivity contribution in [2.75, 3.05) is 38.5 Å². The first-order valence-corrected chi connectivity index (χ1v) is 5.09. The van der Waals surface area contributed by atoms with Gasteiger partial charge in [-0.25, -0.2) is 0 Å². The first-order valence-electron chi connectivity index (χ1n) is 5.09. The Kier molecular flexibility index (Phi) is 2.91. The summed E-state index contributed by atoms with van der Waals surface area (Å²) in [7, 11) is 1.76. The van der Waals surface area contributed by atoms with Crippen LogP contribution in [0.5, 0.6) is 0 Å². The molecule has 1 aliphatic heterocycles. The van der Waals surface area contributed by atoms with Gasteiger partial charge in [-0.2, -0.15) is 0 Å². The number of rotatable bonds is 2. The second kappa shape index (κ2) is 4.35. The Morgan fingerprint density at radius 2 is 2.20 bits per heavy atom. The number of hydrogen-bond donors (Lipinski definition) is 2. The molecule has 15 heavy (non-hydrogen) atoms. The van der Waals surface area contributed by atoms with Crippen LogP contribution in [0.3, 0.4) is 0 Å². The highest BCUT2D eigenvalue weighted by atomic mass is 16.4. The fourth-order valence-corrected chi connectivity index (χ4v) is 1.61. The lowest BCUT2D eigenvalue weighted by Crippen LogP contribution is -2.46. The molecule has 0 atom stereocenters. The van der Waals surface area contributed by atoms with Crippen molar-refractivity contribution in [3.63, 3.8) is 0 Å². The van der Waals surface area contributed by atoms with Crippen LogP contribution in [-0.4, -0.2) is 44.0 Å². The molecule has 0 radical (unpaired) electrons. The Labute approximate surface area is 88.4 Å². The molecule has 1 aromatic heterocycles. The molecule has 0 aliphatic carbocycles. The van der Waals surface area contributed by atoms with Crippen LogP contribution in [0.25, 0.3) is 0 Å². The quantitative estimate of drug-likeness (QED) is 0.738. The number of nitrogens with zero attached hydrogens (tertiary/aromatic N) is 1. The van der Waals surface area contributed by atoms with Crippen molar-refractivity contribution in [3.8, 4) is 0 Å². The van der Waals surface area contributed by atoms with Gasteiger partial charge in [0, 0.05) is 39.3 Å². The monoisotopic (exact) mass is 209 g/mol. The van der Waals surface area contributed by atoms with Crippen molar-refractivity contribution >= 4 is 11.8 Å². The summed E-state index contributed by atoms with van der Waals surface area (Å²) in [5.74, 6) is 0.993. The zero-order valence-corrected chi connectivity index (χ0v) is 8.75. The fourth-order valence-electron chi connectivity index (χ4n) is 1.61. The summed E-state index contributed by atoms with van der Waals surface area (Å²) in [5, 5.41) is 6.06. The molecule has 1 aliphatic rings. The molecule has 1 aromatic rings. The van der Waals surface area contributed by atoms with Gasteiger partial charge >= 0.3 is 0 Å². The maximum atomic E-state index is 11.9. The molecule has 0 bridgehead atoms. The largest absolute Gasteiger partial charge is 0.436 e. The summed E-state index contributed by atoms with van der Waals surface area (Å²) < 4.78 is 5.33. The number of amides is 1. The zero-order valence-electron chi connectivity index (χ0n) is 8.75. The molecular weight excluding hydrogens is 194 g/mol. The summed E-state index contributed by atoms with van der Waals surface area (Å²) in [5.41, 5.74) is 0. The highest BCUT2D eigenvalue weighted by Crippen LogP contribution is 2.14. The lowest BCUT2D eigenvalue weighted by Gasteiger charge is -2.26. The summed E-state index contributed by atoms with van der Waals surface area (Å²) in [4.78, 5) is 13.7. The van der Waals surface area contributed by atoms with Gasteiger partial charge in [-0.3, -0.25) is 4.79 Å². The molecule has 0 unspecified atom stereocenters. The number of hydrogen-bond acceptors (Lipinski definition) is 4. The predicted octanol–water partition coefficient (Wildman–Crippen LogP) is 0.367. The van der Waals surface area contributed by atoms with Crippen LogP contribution in [0.15, 0.2) is 16.5 Å². The van der Waals surface area contributed by atoms with Crippen molar-refractivity contribution in [3.05, 3.63) is 17.9 Å². The molecule has 5 heteroatoms. The van der Waals surface area contributed by atoms with Crippen LogP contribution >= 0.6 is 0 Å². The van der Waals surface area contributed by atoms with Gasteiger partial charge in [0.25, 0.3) is 5.91 Å². The van der Waals surface area contributed by atoms with Gasteiger partial charge in [-0.05, 0) is 6.07 Å². The Hall–Kier alpha value is -1.49. The summed E-state index contributed by atoms with van der Waals surface area (Å²) in [6.07, 6.45) is 0. The number of anilines is 1. The van der Waals surface area contributed by atoms with E-state index in [-0.39, 0.29) is 5.91 Å². The lowest BCUT2D eigenvalue weighted by molar-refractivity contribution is 0.0705. The van der Waals surface area contributed by atoms with Crippen LogP contribution in [0.4, 0.5) is 5.88 Å². The first kappa shape index (κ1) is 10.0. The number of nitrogens with one attached hydrogen (secondary N) is 2. The van der Waals surface area contributed by atoms with Crippen molar-refractivity contribution in [1.82, 2.24) is 10.2 Å². The van der Waals surface area contributed by atoms with Crippen molar-refractivity contribution in [2.45, 2.75) is 0 Å². The molecule has 5 nitrogen and oxygen atoms in total. The van der Waals surface area contributed by atoms with E-state index in [0.29, 0.717) is 11.6 Å². The molecule has 2 N–H and O–H groups in total. The second-order valence-corrected chi connectivity index (χ2v) is 3.46. The fraction of sp³-hybridized carbons (Fsp3) is 0.500. The van der Waals surface area contributed by atoms with Gasteiger partial charge < -0.3 is 20.0 Å². The molecule has 82 valence electrons. The smallest absolute Gasteiger partial charge is 0.289 e. The average Bonchev–Trinajstić information content (AvgIpc) is 2.78. The number of carbonyl (C=O) groups is 1. The highest BCUT2D eigenvalue weighted by molar-refractivity contribution is 5.92. The van der Waals surface area contributed by atoms with E-state index in [4.69, 9.17) is 4.42 Å². The summed E-state index contributed by atoms with van der Waals surface area (Å²) in [6.45, 7) is 3.19. The van der Waals surface area contributed by atoms with Crippen LogP contribution in [-0.2, 0) is 0 Å². The first-order chi connectivity index (χ1) is 7.31. The van der Waals surface area contributed by atoms with Crippen LogP contribution in [0.1, 0.15) is 10.6 Å². The number of carbonyl (C=O) groups excluding carboxylic acids is 1. The van der Waals surface area contributed by atoms with E-state index in [1.807, 2.05) is 0 Å². The van der Waals surface area contributed by atoms with Crippen molar-refractivity contribution in [1.29, 1.82) is 0 Å². The Bertz CT molecular complexity index is 342. The molecule has 0 saturated carbocycles. The van der Waals surface area contributed by atoms with Crippen LogP contribution in [0.2, 0.25) is 0 Å². The minimum Gasteiger partial charge on any atom is -0.436 e. The third-order valence-corrected chi connectivity index (χ3v) is 2.47. The summed E-state index contributed by atoms with van der Waals surface area (Å²) >= 11 is 0. The molecule has 0 spiro atoms. The zero-order chi connectivity index (χ0) is 10.7. The Morgan fingerprint density at radius 1 is 1.47 bits per heavy atom. The van der Waals surface area contributed by atoms with Gasteiger partial charge in [0.1, 0.15) is 0 Å². The van der Waals surface area contributed by atoms with Crippen molar-refractivity contribution in [2.24, 2.45) is 0 Å². The maximum absolute atomic E-state index is 11.9. The predicted molar refractivity (Wildman–Crippen MR) is 57.0 cm³/mol.